The Kier molecular flexibility index (Phi) is 3.84. The molecule has 0 spiro atoms. The molecule has 0 bridgehead atoms. The summed E-state index contributed by atoms with van der Waals surface area (Å²) in [5.74, 6) is 0.472. The molecule has 3 aromatic heterocycles. The van der Waals surface area contributed by atoms with Crippen molar-refractivity contribution in [2.45, 2.75) is 32.1 Å². The second-order valence-corrected chi connectivity index (χ2v) is 7.39. The molecule has 1 amide bonds. The highest BCUT2D eigenvalue weighted by Gasteiger charge is 2.28. The third kappa shape index (κ3) is 2.82. The van der Waals surface area contributed by atoms with E-state index in [9.17, 15) is 4.79 Å². The van der Waals surface area contributed by atoms with Crippen LogP contribution in [0.15, 0.2) is 23.6 Å². The van der Waals surface area contributed by atoms with Gasteiger partial charge in [0, 0.05) is 30.1 Å². The lowest BCUT2D eigenvalue weighted by Gasteiger charge is -2.08. The summed E-state index contributed by atoms with van der Waals surface area (Å²) in [6, 6.07) is 6.10. The molecule has 1 fully saturated rings. The zero-order chi connectivity index (χ0) is 16.7. The Morgan fingerprint density at radius 1 is 1.46 bits per heavy atom. The molecule has 0 atom stereocenters. The Morgan fingerprint density at radius 2 is 2.29 bits per heavy atom. The van der Waals surface area contributed by atoms with Gasteiger partial charge in [0.1, 0.15) is 0 Å². The minimum absolute atomic E-state index is 0.0306. The Bertz CT molecular complexity index is 894. The Morgan fingerprint density at radius 3 is 3.00 bits per heavy atom. The second kappa shape index (κ2) is 6.02. The number of fused-ring (bicyclic) bond motifs is 1. The van der Waals surface area contributed by atoms with Gasteiger partial charge in [-0.25, -0.2) is 4.98 Å². The number of carbonyl (C=O) groups is 1. The van der Waals surface area contributed by atoms with E-state index in [0.29, 0.717) is 18.0 Å². The molecule has 1 aliphatic rings. The van der Waals surface area contributed by atoms with Gasteiger partial charge in [0.05, 0.1) is 16.6 Å². The first-order chi connectivity index (χ1) is 11.6. The van der Waals surface area contributed by atoms with Crippen molar-refractivity contribution >= 4 is 28.3 Å². The summed E-state index contributed by atoms with van der Waals surface area (Å²) >= 11 is 1.72. The maximum Gasteiger partial charge on any atom is 0.252 e. The lowest BCUT2D eigenvalue weighted by atomic mass is 10.1. The van der Waals surface area contributed by atoms with Gasteiger partial charge in [-0.1, -0.05) is 6.07 Å². The van der Waals surface area contributed by atoms with E-state index in [1.165, 1.54) is 4.88 Å². The molecule has 4 rings (SSSR count). The minimum Gasteiger partial charge on any atom is -0.352 e. The number of nitrogens with zero attached hydrogens (tertiary/aromatic N) is 3. The smallest absolute Gasteiger partial charge is 0.252 e. The minimum atomic E-state index is -0.0306. The topological polar surface area (TPSA) is 59.8 Å². The number of hydrogen-bond acceptors (Lipinski definition) is 4. The first-order valence-corrected chi connectivity index (χ1v) is 9.16. The molecule has 24 heavy (non-hydrogen) atoms. The van der Waals surface area contributed by atoms with E-state index in [1.54, 1.807) is 16.0 Å². The molecule has 3 aromatic rings. The van der Waals surface area contributed by atoms with Gasteiger partial charge < -0.3 is 5.32 Å². The van der Waals surface area contributed by atoms with Crippen molar-refractivity contribution in [3.05, 3.63) is 45.4 Å². The zero-order valence-electron chi connectivity index (χ0n) is 13.9. The van der Waals surface area contributed by atoms with Crippen LogP contribution in [-0.2, 0) is 13.5 Å². The summed E-state index contributed by atoms with van der Waals surface area (Å²) in [5, 5.41) is 10.4. The average molecular weight is 340 g/mol. The van der Waals surface area contributed by atoms with Gasteiger partial charge >= 0.3 is 0 Å². The molecular weight excluding hydrogens is 320 g/mol. The molecule has 1 aliphatic carbocycles. The number of nitrogens with one attached hydrogen (secondary N) is 1. The maximum absolute atomic E-state index is 12.8. The van der Waals surface area contributed by atoms with Gasteiger partial charge in [-0.15, -0.1) is 11.3 Å². The summed E-state index contributed by atoms with van der Waals surface area (Å²) in [6.45, 7) is 2.57. The quantitative estimate of drug-likeness (QED) is 0.776. The fourth-order valence-corrected chi connectivity index (χ4v) is 3.79. The molecule has 0 unspecified atom stereocenters. The fourth-order valence-electron chi connectivity index (χ4n) is 3.08. The third-order valence-electron chi connectivity index (χ3n) is 4.47. The van der Waals surface area contributed by atoms with E-state index in [1.807, 2.05) is 26.1 Å². The number of aromatic nitrogens is 3. The molecule has 0 aromatic carbocycles. The summed E-state index contributed by atoms with van der Waals surface area (Å²) in [6.07, 6.45) is 3.18. The Labute approximate surface area is 144 Å². The van der Waals surface area contributed by atoms with E-state index >= 15 is 0 Å². The maximum atomic E-state index is 12.8. The van der Waals surface area contributed by atoms with Crippen LogP contribution in [0.5, 0.6) is 0 Å². The SMILES string of the molecule is Cc1nn(C)c2nc(C3CC3)cc(C(=O)NCCc3cccs3)c12. The predicted octanol–water partition coefficient (Wildman–Crippen LogP) is 3.19. The number of amides is 1. The monoisotopic (exact) mass is 340 g/mol. The molecule has 0 aliphatic heterocycles. The molecule has 0 saturated heterocycles. The van der Waals surface area contributed by atoms with Gasteiger partial charge in [-0.2, -0.15) is 5.10 Å². The van der Waals surface area contributed by atoms with Gasteiger partial charge in [0.2, 0.25) is 0 Å². The molecule has 1 saturated carbocycles. The van der Waals surface area contributed by atoms with Crippen LogP contribution in [0.1, 0.15) is 45.4 Å². The largest absolute Gasteiger partial charge is 0.352 e. The number of aryl methyl sites for hydroxylation is 2. The Hall–Kier alpha value is -2.21. The fraction of sp³-hybridized carbons (Fsp3) is 0.389. The molecule has 0 radical (unpaired) electrons. The highest BCUT2D eigenvalue weighted by molar-refractivity contribution is 7.09. The van der Waals surface area contributed by atoms with Crippen molar-refractivity contribution in [2.24, 2.45) is 7.05 Å². The van der Waals surface area contributed by atoms with Crippen molar-refractivity contribution in [2.75, 3.05) is 6.54 Å². The normalized spacial score (nSPS) is 14.2. The number of carbonyl (C=O) groups excluding carboxylic acids is 1. The molecule has 5 nitrogen and oxygen atoms in total. The summed E-state index contributed by atoms with van der Waals surface area (Å²) < 4.78 is 1.78. The number of rotatable bonds is 5. The van der Waals surface area contributed by atoms with E-state index in [2.05, 4.69) is 21.9 Å². The van der Waals surface area contributed by atoms with Crippen LogP contribution in [0, 0.1) is 6.92 Å². The van der Waals surface area contributed by atoms with Crippen molar-refractivity contribution in [3.63, 3.8) is 0 Å². The van der Waals surface area contributed by atoms with Gasteiger partial charge in [-0.05, 0) is 43.7 Å². The Balaban J connectivity index is 1.62. The van der Waals surface area contributed by atoms with Crippen molar-refractivity contribution < 1.29 is 4.79 Å². The predicted molar refractivity (Wildman–Crippen MR) is 95.6 cm³/mol. The van der Waals surface area contributed by atoms with Crippen LogP contribution in [-0.4, -0.2) is 27.2 Å². The first kappa shape index (κ1) is 15.3. The van der Waals surface area contributed by atoms with Crippen molar-refractivity contribution in [3.8, 4) is 0 Å². The summed E-state index contributed by atoms with van der Waals surface area (Å²) in [7, 11) is 1.89. The molecule has 6 heteroatoms. The van der Waals surface area contributed by atoms with Crippen LogP contribution in [0.25, 0.3) is 11.0 Å². The molecule has 124 valence electrons. The number of pyridine rings is 1. The highest BCUT2D eigenvalue weighted by atomic mass is 32.1. The van der Waals surface area contributed by atoms with Gasteiger partial charge in [-0.3, -0.25) is 9.48 Å². The van der Waals surface area contributed by atoms with Crippen LogP contribution < -0.4 is 5.32 Å². The van der Waals surface area contributed by atoms with E-state index < -0.39 is 0 Å². The van der Waals surface area contributed by atoms with Crippen molar-refractivity contribution in [1.82, 2.24) is 20.1 Å². The summed E-state index contributed by atoms with van der Waals surface area (Å²) in [5.41, 5.74) is 3.39. The number of thiophene rings is 1. The standard InChI is InChI=1S/C18H20N4OS/c1-11-16-14(18(23)19-8-7-13-4-3-9-24-13)10-15(12-5-6-12)20-17(16)22(2)21-11/h3-4,9-10,12H,5-8H2,1-2H3,(H,19,23). The zero-order valence-corrected chi connectivity index (χ0v) is 14.7. The van der Waals surface area contributed by atoms with Crippen LogP contribution >= 0.6 is 11.3 Å². The van der Waals surface area contributed by atoms with Crippen LogP contribution in [0.3, 0.4) is 0 Å². The van der Waals surface area contributed by atoms with Crippen molar-refractivity contribution in [1.29, 1.82) is 0 Å². The second-order valence-electron chi connectivity index (χ2n) is 6.36. The lowest BCUT2D eigenvalue weighted by Crippen LogP contribution is -2.26. The summed E-state index contributed by atoms with van der Waals surface area (Å²) in [4.78, 5) is 18.8. The van der Waals surface area contributed by atoms with E-state index in [-0.39, 0.29) is 5.91 Å². The van der Waals surface area contributed by atoms with Crippen LogP contribution in [0.4, 0.5) is 0 Å². The van der Waals surface area contributed by atoms with E-state index in [0.717, 1.165) is 41.7 Å². The molecule has 1 N–H and O–H groups in total. The van der Waals surface area contributed by atoms with Gasteiger partial charge in [0.25, 0.3) is 5.91 Å². The third-order valence-corrected chi connectivity index (χ3v) is 5.40. The number of hydrogen-bond donors (Lipinski definition) is 1. The highest BCUT2D eigenvalue weighted by Crippen LogP contribution is 2.40. The molecular formula is C18H20N4OS. The molecule has 3 heterocycles. The van der Waals surface area contributed by atoms with E-state index in [4.69, 9.17) is 4.98 Å². The average Bonchev–Trinajstić information content (AvgIpc) is 3.22. The van der Waals surface area contributed by atoms with Gasteiger partial charge in [0.15, 0.2) is 5.65 Å². The van der Waals surface area contributed by atoms with Crippen LogP contribution in [0.2, 0.25) is 0 Å². The first-order valence-electron chi connectivity index (χ1n) is 8.28. The lowest BCUT2D eigenvalue weighted by molar-refractivity contribution is 0.0955.